The van der Waals surface area contributed by atoms with Gasteiger partial charge in [-0.25, -0.2) is 10.8 Å². The molecule has 104 valence electrons. The van der Waals surface area contributed by atoms with Crippen molar-refractivity contribution in [3.05, 3.63) is 57.2 Å². The molecule has 0 aliphatic rings. The van der Waals surface area contributed by atoms with E-state index >= 15 is 0 Å². The van der Waals surface area contributed by atoms with Crippen LogP contribution < -0.4 is 16.0 Å². The number of benzene rings is 1. The number of nitro benzene ring substituents is 1. The van der Waals surface area contributed by atoms with E-state index in [1.54, 1.807) is 18.3 Å². The van der Waals surface area contributed by atoms with Crippen molar-refractivity contribution in [2.45, 2.75) is 6.61 Å². The van der Waals surface area contributed by atoms with E-state index in [9.17, 15) is 10.1 Å². The number of nitrogens with two attached hydrogens (primary N) is 1. The minimum atomic E-state index is -0.516. The number of aromatic nitrogens is 1. The van der Waals surface area contributed by atoms with Crippen molar-refractivity contribution in [3.8, 4) is 5.75 Å². The van der Waals surface area contributed by atoms with Crippen LogP contribution in [0.1, 0.15) is 5.56 Å². The summed E-state index contributed by atoms with van der Waals surface area (Å²) in [7, 11) is 0. The lowest BCUT2D eigenvalue weighted by atomic mass is 10.3. The summed E-state index contributed by atoms with van der Waals surface area (Å²) in [6.07, 6.45) is 1.61. The van der Waals surface area contributed by atoms with Crippen LogP contribution in [0, 0.1) is 10.1 Å². The molecule has 20 heavy (non-hydrogen) atoms. The fourth-order valence-corrected chi connectivity index (χ4v) is 1.71. The molecular weight excluding hydrogens is 284 g/mol. The lowest BCUT2D eigenvalue weighted by Gasteiger charge is -2.08. The number of ether oxygens (including phenoxy) is 1. The maximum atomic E-state index is 10.6. The zero-order valence-electron chi connectivity index (χ0n) is 10.2. The first-order valence-electron chi connectivity index (χ1n) is 5.58. The van der Waals surface area contributed by atoms with Crippen LogP contribution in [0.3, 0.4) is 0 Å². The predicted molar refractivity (Wildman–Crippen MR) is 74.5 cm³/mol. The summed E-state index contributed by atoms with van der Waals surface area (Å²) in [6.45, 7) is 0.245. The Morgan fingerprint density at radius 2 is 2.20 bits per heavy atom. The third-order valence-electron chi connectivity index (χ3n) is 2.49. The maximum Gasteiger partial charge on any atom is 0.271 e. The monoisotopic (exact) mass is 294 g/mol. The quantitative estimate of drug-likeness (QED) is 0.499. The van der Waals surface area contributed by atoms with Crippen LogP contribution in [0.4, 0.5) is 11.5 Å². The number of anilines is 1. The summed E-state index contributed by atoms with van der Waals surface area (Å²) >= 11 is 5.92. The standard InChI is InChI=1S/C12H11ClN4O3/c13-10-5-9(17(18)19)2-3-11(10)20-7-8-1-4-12(16-14)15-6-8/h1-6H,7,14H2,(H,15,16). The molecule has 0 unspecified atom stereocenters. The molecular formula is C12H11ClN4O3. The van der Waals surface area contributed by atoms with Crippen LogP contribution in [0.15, 0.2) is 36.5 Å². The average Bonchev–Trinajstić information content (AvgIpc) is 2.46. The zero-order valence-corrected chi connectivity index (χ0v) is 11.0. The highest BCUT2D eigenvalue weighted by Crippen LogP contribution is 2.29. The van der Waals surface area contributed by atoms with Crippen molar-refractivity contribution in [3.63, 3.8) is 0 Å². The second-order valence-corrected chi connectivity index (χ2v) is 4.26. The van der Waals surface area contributed by atoms with Gasteiger partial charge >= 0.3 is 0 Å². The van der Waals surface area contributed by atoms with E-state index in [0.717, 1.165) is 5.56 Å². The first-order valence-corrected chi connectivity index (χ1v) is 5.96. The Morgan fingerprint density at radius 1 is 1.40 bits per heavy atom. The van der Waals surface area contributed by atoms with Gasteiger partial charge < -0.3 is 10.2 Å². The first-order chi connectivity index (χ1) is 9.60. The number of pyridine rings is 1. The lowest BCUT2D eigenvalue weighted by Crippen LogP contribution is -2.08. The van der Waals surface area contributed by atoms with Crippen molar-refractivity contribution in [2.24, 2.45) is 5.84 Å². The lowest BCUT2D eigenvalue weighted by molar-refractivity contribution is -0.384. The SMILES string of the molecule is NNc1ccc(COc2ccc([N+](=O)[O-])cc2Cl)cn1. The Bertz CT molecular complexity index is 619. The molecule has 0 aliphatic carbocycles. The number of nitrogens with one attached hydrogen (secondary N) is 1. The molecule has 0 amide bonds. The predicted octanol–water partition coefficient (Wildman–Crippen LogP) is 2.51. The van der Waals surface area contributed by atoms with Crippen LogP contribution in [-0.2, 0) is 6.61 Å². The molecule has 1 aromatic carbocycles. The van der Waals surface area contributed by atoms with E-state index in [1.807, 2.05) is 0 Å². The van der Waals surface area contributed by atoms with E-state index in [-0.39, 0.29) is 17.3 Å². The molecule has 0 bridgehead atoms. The van der Waals surface area contributed by atoms with Gasteiger partial charge in [-0.15, -0.1) is 0 Å². The van der Waals surface area contributed by atoms with Gasteiger partial charge in [0, 0.05) is 23.9 Å². The third-order valence-corrected chi connectivity index (χ3v) is 2.79. The molecule has 2 aromatic rings. The molecule has 0 radical (unpaired) electrons. The summed E-state index contributed by atoms with van der Waals surface area (Å²) in [5.74, 6) is 6.12. The summed E-state index contributed by atoms with van der Waals surface area (Å²) in [4.78, 5) is 14.1. The van der Waals surface area contributed by atoms with Gasteiger partial charge in [0.05, 0.1) is 9.95 Å². The van der Waals surface area contributed by atoms with Crippen LogP contribution in [0.2, 0.25) is 5.02 Å². The molecule has 1 heterocycles. The van der Waals surface area contributed by atoms with E-state index in [4.69, 9.17) is 22.2 Å². The Morgan fingerprint density at radius 3 is 2.75 bits per heavy atom. The molecule has 7 nitrogen and oxygen atoms in total. The average molecular weight is 295 g/mol. The number of hydrazine groups is 1. The summed E-state index contributed by atoms with van der Waals surface area (Å²) < 4.78 is 5.48. The molecule has 2 rings (SSSR count). The Hall–Kier alpha value is -2.38. The largest absolute Gasteiger partial charge is 0.487 e. The minimum absolute atomic E-state index is 0.0811. The van der Waals surface area contributed by atoms with Gasteiger partial charge in [0.15, 0.2) is 0 Å². The van der Waals surface area contributed by atoms with E-state index in [0.29, 0.717) is 11.6 Å². The number of hydrogen-bond donors (Lipinski definition) is 2. The second kappa shape index (κ2) is 6.18. The summed E-state index contributed by atoms with van der Waals surface area (Å²) in [6, 6.07) is 7.54. The topological polar surface area (TPSA) is 103 Å². The van der Waals surface area contributed by atoms with Gasteiger partial charge in [0.1, 0.15) is 18.2 Å². The fraction of sp³-hybridized carbons (Fsp3) is 0.0833. The van der Waals surface area contributed by atoms with E-state index in [2.05, 4.69) is 10.4 Å². The normalized spacial score (nSPS) is 10.1. The first kappa shape index (κ1) is 14.0. The number of rotatable bonds is 5. The number of nitrogens with zero attached hydrogens (tertiary/aromatic N) is 2. The fourth-order valence-electron chi connectivity index (χ4n) is 1.48. The van der Waals surface area contributed by atoms with Crippen molar-refractivity contribution in [2.75, 3.05) is 5.43 Å². The van der Waals surface area contributed by atoms with Crippen LogP contribution in [0.25, 0.3) is 0 Å². The number of nitrogen functional groups attached to an aromatic ring is 1. The molecule has 0 spiro atoms. The van der Waals surface area contributed by atoms with Crippen molar-refractivity contribution >= 4 is 23.1 Å². The Kier molecular flexibility index (Phi) is 4.34. The van der Waals surface area contributed by atoms with Crippen LogP contribution >= 0.6 is 11.6 Å². The van der Waals surface area contributed by atoms with Crippen LogP contribution in [-0.4, -0.2) is 9.91 Å². The molecule has 0 aliphatic heterocycles. The van der Waals surface area contributed by atoms with Crippen molar-refractivity contribution < 1.29 is 9.66 Å². The Labute approximate surface area is 119 Å². The molecule has 1 aromatic heterocycles. The number of halogens is 1. The molecule has 0 saturated heterocycles. The smallest absolute Gasteiger partial charge is 0.271 e. The van der Waals surface area contributed by atoms with Gasteiger partial charge in [0.25, 0.3) is 5.69 Å². The third kappa shape index (κ3) is 3.34. The highest BCUT2D eigenvalue weighted by atomic mass is 35.5. The van der Waals surface area contributed by atoms with Crippen molar-refractivity contribution in [1.82, 2.24) is 4.98 Å². The zero-order chi connectivity index (χ0) is 14.5. The van der Waals surface area contributed by atoms with E-state index in [1.165, 1.54) is 18.2 Å². The second-order valence-electron chi connectivity index (χ2n) is 3.86. The summed E-state index contributed by atoms with van der Waals surface area (Å²) in [5.41, 5.74) is 3.15. The molecule has 0 atom stereocenters. The molecule has 0 fully saturated rings. The van der Waals surface area contributed by atoms with Gasteiger partial charge in [0.2, 0.25) is 0 Å². The van der Waals surface area contributed by atoms with Gasteiger partial charge in [-0.2, -0.15) is 0 Å². The Balaban J connectivity index is 2.04. The van der Waals surface area contributed by atoms with Crippen LogP contribution in [0.5, 0.6) is 5.75 Å². The maximum absolute atomic E-state index is 10.6. The van der Waals surface area contributed by atoms with Gasteiger partial charge in [-0.1, -0.05) is 17.7 Å². The van der Waals surface area contributed by atoms with Gasteiger partial charge in [-0.3, -0.25) is 10.1 Å². The van der Waals surface area contributed by atoms with Gasteiger partial charge in [-0.05, 0) is 12.1 Å². The van der Waals surface area contributed by atoms with E-state index < -0.39 is 4.92 Å². The molecule has 8 heteroatoms. The summed E-state index contributed by atoms with van der Waals surface area (Å²) in [5, 5.41) is 10.8. The number of nitro groups is 1. The number of hydrogen-bond acceptors (Lipinski definition) is 6. The highest BCUT2D eigenvalue weighted by molar-refractivity contribution is 6.32. The molecule has 3 N–H and O–H groups in total. The molecule has 0 saturated carbocycles. The minimum Gasteiger partial charge on any atom is -0.487 e. The van der Waals surface area contributed by atoms with Crippen molar-refractivity contribution in [1.29, 1.82) is 0 Å². The number of non-ortho nitro benzene ring substituents is 1. The highest BCUT2D eigenvalue weighted by Gasteiger charge is 2.10.